The summed E-state index contributed by atoms with van der Waals surface area (Å²) >= 11 is 0. The molecule has 0 heterocycles. The van der Waals surface area contributed by atoms with Crippen molar-refractivity contribution in [3.05, 3.63) is 65.7 Å². The average molecular weight is 350 g/mol. The first-order valence-electron chi connectivity index (χ1n) is 9.01. The standard InChI is InChI=1S/C22H26N2O2/c1-16(2)21(26-20-12-8-7-11-19(20)15-23)22(25)24-17(3)13-14-18-9-5-4-6-10-18/h4-12,16-17,21H,13-14H2,1-3H3,(H,24,25). The van der Waals surface area contributed by atoms with Crippen LogP contribution in [0, 0.1) is 17.2 Å². The van der Waals surface area contributed by atoms with Gasteiger partial charge in [0.15, 0.2) is 6.10 Å². The van der Waals surface area contributed by atoms with Gasteiger partial charge in [-0.3, -0.25) is 4.79 Å². The molecule has 2 rings (SSSR count). The largest absolute Gasteiger partial charge is 0.479 e. The van der Waals surface area contributed by atoms with Crippen molar-refractivity contribution in [2.24, 2.45) is 5.92 Å². The molecule has 0 bridgehead atoms. The van der Waals surface area contributed by atoms with Gasteiger partial charge in [0, 0.05) is 6.04 Å². The van der Waals surface area contributed by atoms with Gasteiger partial charge in [-0.25, -0.2) is 0 Å². The summed E-state index contributed by atoms with van der Waals surface area (Å²) in [5, 5.41) is 12.2. The molecule has 0 radical (unpaired) electrons. The molecular formula is C22H26N2O2. The van der Waals surface area contributed by atoms with E-state index in [1.54, 1.807) is 24.3 Å². The van der Waals surface area contributed by atoms with Gasteiger partial charge in [-0.1, -0.05) is 56.3 Å². The third-order valence-corrected chi connectivity index (χ3v) is 4.22. The molecule has 0 spiro atoms. The Morgan fingerprint density at radius 2 is 1.73 bits per heavy atom. The highest BCUT2D eigenvalue weighted by Gasteiger charge is 2.26. The summed E-state index contributed by atoms with van der Waals surface area (Å²) in [6.45, 7) is 5.88. The van der Waals surface area contributed by atoms with Gasteiger partial charge in [0.1, 0.15) is 11.8 Å². The topological polar surface area (TPSA) is 62.1 Å². The number of aryl methyl sites for hydroxylation is 1. The number of amides is 1. The fraction of sp³-hybridized carbons (Fsp3) is 0.364. The van der Waals surface area contributed by atoms with Crippen molar-refractivity contribution in [2.45, 2.75) is 45.8 Å². The van der Waals surface area contributed by atoms with Gasteiger partial charge in [-0.2, -0.15) is 5.26 Å². The fourth-order valence-corrected chi connectivity index (χ4v) is 2.72. The van der Waals surface area contributed by atoms with Crippen LogP contribution in [0.25, 0.3) is 0 Å². The molecule has 1 amide bonds. The normalized spacial score (nSPS) is 12.9. The Balaban J connectivity index is 1.96. The Hall–Kier alpha value is -2.80. The molecule has 0 aliphatic carbocycles. The zero-order valence-corrected chi connectivity index (χ0v) is 15.6. The summed E-state index contributed by atoms with van der Waals surface area (Å²) in [6, 6.07) is 19.4. The number of benzene rings is 2. The number of nitriles is 1. The van der Waals surface area contributed by atoms with E-state index in [-0.39, 0.29) is 17.9 Å². The van der Waals surface area contributed by atoms with Crippen molar-refractivity contribution >= 4 is 5.91 Å². The van der Waals surface area contributed by atoms with E-state index in [4.69, 9.17) is 4.74 Å². The van der Waals surface area contributed by atoms with Gasteiger partial charge in [-0.05, 0) is 43.4 Å². The van der Waals surface area contributed by atoms with Gasteiger partial charge >= 0.3 is 0 Å². The van der Waals surface area contributed by atoms with Crippen LogP contribution in [-0.4, -0.2) is 18.1 Å². The number of hydrogen-bond donors (Lipinski definition) is 1. The third kappa shape index (κ3) is 5.63. The van der Waals surface area contributed by atoms with Crippen molar-refractivity contribution in [2.75, 3.05) is 0 Å². The second-order valence-electron chi connectivity index (χ2n) is 6.82. The smallest absolute Gasteiger partial charge is 0.261 e. The SMILES string of the molecule is CC(CCc1ccccc1)NC(=O)C(Oc1ccccc1C#N)C(C)C. The van der Waals surface area contributed by atoms with Crippen LogP contribution in [0.15, 0.2) is 54.6 Å². The molecule has 0 fully saturated rings. The Labute approximate surface area is 155 Å². The maximum absolute atomic E-state index is 12.7. The van der Waals surface area contributed by atoms with Crippen molar-refractivity contribution in [3.8, 4) is 11.8 Å². The lowest BCUT2D eigenvalue weighted by atomic mass is 10.0. The maximum Gasteiger partial charge on any atom is 0.261 e. The van der Waals surface area contributed by atoms with Crippen LogP contribution < -0.4 is 10.1 Å². The van der Waals surface area contributed by atoms with Crippen molar-refractivity contribution in [3.63, 3.8) is 0 Å². The van der Waals surface area contributed by atoms with E-state index < -0.39 is 6.10 Å². The number of rotatable bonds is 8. The zero-order valence-electron chi connectivity index (χ0n) is 15.6. The Morgan fingerprint density at radius 1 is 1.08 bits per heavy atom. The van der Waals surface area contributed by atoms with Crippen LogP contribution in [0.3, 0.4) is 0 Å². The highest BCUT2D eigenvalue weighted by atomic mass is 16.5. The lowest BCUT2D eigenvalue weighted by Gasteiger charge is -2.24. The first kappa shape index (κ1) is 19.5. The molecule has 26 heavy (non-hydrogen) atoms. The van der Waals surface area contributed by atoms with Gasteiger partial charge in [0.2, 0.25) is 0 Å². The molecule has 0 saturated carbocycles. The minimum Gasteiger partial charge on any atom is -0.479 e. The van der Waals surface area contributed by atoms with Crippen LogP contribution in [0.1, 0.15) is 38.3 Å². The highest BCUT2D eigenvalue weighted by molar-refractivity contribution is 5.81. The van der Waals surface area contributed by atoms with Crippen LogP contribution in [0.5, 0.6) is 5.75 Å². The molecule has 0 aromatic heterocycles. The van der Waals surface area contributed by atoms with E-state index in [1.165, 1.54) is 5.56 Å². The predicted molar refractivity (Wildman–Crippen MR) is 103 cm³/mol. The van der Waals surface area contributed by atoms with E-state index >= 15 is 0 Å². The molecule has 136 valence electrons. The summed E-state index contributed by atoms with van der Waals surface area (Å²) in [7, 11) is 0. The number of nitrogens with zero attached hydrogens (tertiary/aromatic N) is 1. The summed E-state index contributed by atoms with van der Waals surface area (Å²) in [4.78, 5) is 12.7. The molecule has 2 aromatic rings. The maximum atomic E-state index is 12.7. The van der Waals surface area contributed by atoms with Gasteiger partial charge in [0.25, 0.3) is 5.91 Å². The lowest BCUT2D eigenvalue weighted by Crippen LogP contribution is -2.45. The van der Waals surface area contributed by atoms with Crippen molar-refractivity contribution < 1.29 is 9.53 Å². The lowest BCUT2D eigenvalue weighted by molar-refractivity contribution is -0.130. The van der Waals surface area contributed by atoms with Gasteiger partial charge in [-0.15, -0.1) is 0 Å². The zero-order chi connectivity index (χ0) is 18.9. The first-order valence-corrected chi connectivity index (χ1v) is 9.01. The van der Waals surface area contributed by atoms with Crippen LogP contribution in [-0.2, 0) is 11.2 Å². The molecule has 0 aliphatic rings. The number of hydrogen-bond acceptors (Lipinski definition) is 3. The minimum absolute atomic E-state index is 0.0110. The third-order valence-electron chi connectivity index (χ3n) is 4.22. The number of carbonyl (C=O) groups excluding carboxylic acids is 1. The number of carbonyl (C=O) groups is 1. The first-order chi connectivity index (χ1) is 12.5. The van der Waals surface area contributed by atoms with Gasteiger partial charge < -0.3 is 10.1 Å². The highest BCUT2D eigenvalue weighted by Crippen LogP contribution is 2.21. The molecule has 2 aromatic carbocycles. The summed E-state index contributed by atoms with van der Waals surface area (Å²) in [5.41, 5.74) is 1.69. The predicted octanol–water partition coefficient (Wildman–Crippen LogP) is 4.10. The molecule has 0 aliphatic heterocycles. The molecule has 1 N–H and O–H groups in total. The van der Waals surface area contributed by atoms with E-state index in [9.17, 15) is 10.1 Å². The molecule has 4 heteroatoms. The minimum atomic E-state index is -0.635. The second kappa shape index (κ2) is 9.62. The average Bonchev–Trinajstić information content (AvgIpc) is 2.65. The summed E-state index contributed by atoms with van der Waals surface area (Å²) < 4.78 is 5.89. The van der Waals surface area contributed by atoms with E-state index in [2.05, 4.69) is 23.5 Å². The molecule has 2 atom stereocenters. The summed E-state index contributed by atoms with van der Waals surface area (Å²) in [6.07, 6.45) is 1.13. The molecule has 0 saturated heterocycles. The number of nitrogens with one attached hydrogen (secondary N) is 1. The number of para-hydroxylation sites is 1. The fourth-order valence-electron chi connectivity index (χ4n) is 2.72. The Bertz CT molecular complexity index is 750. The second-order valence-corrected chi connectivity index (χ2v) is 6.82. The summed E-state index contributed by atoms with van der Waals surface area (Å²) in [5.74, 6) is 0.289. The molecule has 4 nitrogen and oxygen atoms in total. The molecule has 2 unspecified atom stereocenters. The van der Waals surface area contributed by atoms with E-state index in [0.29, 0.717) is 11.3 Å². The van der Waals surface area contributed by atoms with E-state index in [0.717, 1.165) is 12.8 Å². The van der Waals surface area contributed by atoms with Gasteiger partial charge in [0.05, 0.1) is 5.56 Å². The quantitative estimate of drug-likeness (QED) is 0.780. The van der Waals surface area contributed by atoms with Crippen LogP contribution in [0.4, 0.5) is 0 Å². The Kier molecular flexibility index (Phi) is 7.23. The van der Waals surface area contributed by atoms with Crippen molar-refractivity contribution in [1.82, 2.24) is 5.32 Å². The monoisotopic (exact) mass is 350 g/mol. The molecular weight excluding hydrogens is 324 g/mol. The Morgan fingerprint density at radius 3 is 2.38 bits per heavy atom. The van der Waals surface area contributed by atoms with E-state index in [1.807, 2.05) is 39.0 Å². The van der Waals surface area contributed by atoms with Crippen molar-refractivity contribution in [1.29, 1.82) is 5.26 Å². The number of ether oxygens (including phenoxy) is 1. The van der Waals surface area contributed by atoms with Crippen LogP contribution >= 0.6 is 0 Å². The van der Waals surface area contributed by atoms with Crippen LogP contribution in [0.2, 0.25) is 0 Å².